The van der Waals surface area contributed by atoms with E-state index < -0.39 is 0 Å². The van der Waals surface area contributed by atoms with Crippen LogP contribution in [0.2, 0.25) is 0 Å². The van der Waals surface area contributed by atoms with Gasteiger partial charge < -0.3 is 5.32 Å². The summed E-state index contributed by atoms with van der Waals surface area (Å²) in [4.78, 5) is 10.9. The van der Waals surface area contributed by atoms with Crippen molar-refractivity contribution in [2.75, 3.05) is 5.32 Å². The van der Waals surface area contributed by atoms with E-state index in [1.165, 1.54) is 11.1 Å². The van der Waals surface area contributed by atoms with Crippen molar-refractivity contribution in [1.29, 1.82) is 0 Å². The Hall–Kier alpha value is -2.36. The van der Waals surface area contributed by atoms with Crippen LogP contribution in [0.1, 0.15) is 16.7 Å². The summed E-state index contributed by atoms with van der Waals surface area (Å²) in [6.45, 7) is 1.77. The van der Waals surface area contributed by atoms with E-state index in [1.54, 1.807) is 19.1 Å². The van der Waals surface area contributed by atoms with Gasteiger partial charge in [0.2, 0.25) is 0 Å². The maximum Gasteiger partial charge on any atom is 0.295 e. The minimum atomic E-state index is -0.306. The highest BCUT2D eigenvalue weighted by Gasteiger charge is 2.24. The molecular weight excluding hydrogens is 252 g/mol. The normalized spacial score (nSPS) is 14.1. The Balaban J connectivity index is 1.84. The molecule has 0 radical (unpaired) electrons. The second-order valence-corrected chi connectivity index (χ2v) is 5.25. The van der Waals surface area contributed by atoms with Crippen LogP contribution in [0.3, 0.4) is 0 Å². The first-order valence-electron chi connectivity index (χ1n) is 6.72. The number of nitro groups is 1. The van der Waals surface area contributed by atoms with Crippen molar-refractivity contribution in [2.24, 2.45) is 0 Å². The van der Waals surface area contributed by atoms with Crippen LogP contribution in [0, 0.1) is 17.0 Å². The van der Waals surface area contributed by atoms with Gasteiger partial charge in [0.1, 0.15) is 5.69 Å². The maximum absolute atomic E-state index is 11.2. The largest absolute Gasteiger partial charge is 0.376 e. The minimum Gasteiger partial charge on any atom is -0.376 e. The highest BCUT2D eigenvalue weighted by atomic mass is 16.6. The smallest absolute Gasteiger partial charge is 0.295 e. The van der Waals surface area contributed by atoms with E-state index in [0.29, 0.717) is 11.3 Å². The van der Waals surface area contributed by atoms with E-state index in [1.807, 2.05) is 18.2 Å². The number of benzene rings is 2. The molecule has 1 aliphatic carbocycles. The maximum atomic E-state index is 11.2. The summed E-state index contributed by atoms with van der Waals surface area (Å²) in [6.07, 6.45) is 1.84. The molecule has 102 valence electrons. The molecule has 0 saturated heterocycles. The number of nitrogens with zero attached hydrogens (tertiary/aromatic N) is 1. The van der Waals surface area contributed by atoms with E-state index >= 15 is 0 Å². The van der Waals surface area contributed by atoms with Crippen LogP contribution >= 0.6 is 0 Å². The first kappa shape index (κ1) is 12.7. The molecule has 2 aromatic carbocycles. The lowest BCUT2D eigenvalue weighted by Gasteiger charge is -2.14. The predicted octanol–water partition coefficient (Wildman–Crippen LogP) is 3.48. The third kappa shape index (κ3) is 2.25. The molecule has 0 bridgehead atoms. The molecule has 0 spiro atoms. The second-order valence-electron chi connectivity index (χ2n) is 5.25. The summed E-state index contributed by atoms with van der Waals surface area (Å²) in [5, 5.41) is 14.5. The van der Waals surface area contributed by atoms with Crippen LogP contribution < -0.4 is 5.32 Å². The van der Waals surface area contributed by atoms with Gasteiger partial charge in [0.25, 0.3) is 5.69 Å². The van der Waals surface area contributed by atoms with Gasteiger partial charge in [0.15, 0.2) is 0 Å². The number of para-hydroxylation sites is 1. The van der Waals surface area contributed by atoms with Crippen LogP contribution in [0.15, 0.2) is 42.5 Å². The summed E-state index contributed by atoms with van der Waals surface area (Å²) in [5.41, 5.74) is 4.16. The van der Waals surface area contributed by atoms with Gasteiger partial charge in [-0.3, -0.25) is 10.1 Å². The molecule has 4 nitrogen and oxygen atoms in total. The van der Waals surface area contributed by atoms with E-state index in [2.05, 4.69) is 17.4 Å². The first-order chi connectivity index (χ1) is 9.65. The van der Waals surface area contributed by atoms with Crippen LogP contribution in [0.5, 0.6) is 0 Å². The van der Waals surface area contributed by atoms with Gasteiger partial charge in [-0.1, -0.05) is 36.4 Å². The third-order valence-corrected chi connectivity index (χ3v) is 3.83. The van der Waals surface area contributed by atoms with Gasteiger partial charge in [-0.25, -0.2) is 0 Å². The zero-order valence-corrected chi connectivity index (χ0v) is 11.3. The van der Waals surface area contributed by atoms with E-state index in [-0.39, 0.29) is 16.7 Å². The minimum absolute atomic E-state index is 0.184. The number of rotatable bonds is 3. The summed E-state index contributed by atoms with van der Waals surface area (Å²) in [5.74, 6) is 0. The highest BCUT2D eigenvalue weighted by molar-refractivity contribution is 5.65. The van der Waals surface area contributed by atoms with Gasteiger partial charge in [-0.2, -0.15) is 0 Å². The standard InChI is InChI=1S/C16H16N2O2/c1-11-5-4-8-15(16(11)18(19)20)17-14-9-12-6-2-3-7-13(12)10-14/h2-8,14,17H,9-10H2,1H3. The lowest BCUT2D eigenvalue weighted by molar-refractivity contribution is -0.384. The zero-order valence-electron chi connectivity index (χ0n) is 11.3. The van der Waals surface area contributed by atoms with E-state index in [0.717, 1.165) is 12.8 Å². The van der Waals surface area contributed by atoms with Crippen molar-refractivity contribution in [3.63, 3.8) is 0 Å². The van der Waals surface area contributed by atoms with Crippen LogP contribution in [0.4, 0.5) is 11.4 Å². The molecule has 1 aliphatic rings. The summed E-state index contributed by atoms with van der Waals surface area (Å²) >= 11 is 0. The van der Waals surface area contributed by atoms with Crippen molar-refractivity contribution in [3.05, 3.63) is 69.3 Å². The molecule has 0 saturated carbocycles. The Morgan fingerprint density at radius 2 is 1.75 bits per heavy atom. The average molecular weight is 268 g/mol. The molecule has 0 fully saturated rings. The number of hydrogen-bond acceptors (Lipinski definition) is 3. The molecule has 3 rings (SSSR count). The van der Waals surface area contributed by atoms with Gasteiger partial charge >= 0.3 is 0 Å². The van der Waals surface area contributed by atoms with E-state index in [9.17, 15) is 10.1 Å². The molecule has 0 atom stereocenters. The van der Waals surface area contributed by atoms with Crippen molar-refractivity contribution < 1.29 is 4.92 Å². The first-order valence-corrected chi connectivity index (χ1v) is 6.72. The summed E-state index contributed by atoms with van der Waals surface area (Å²) < 4.78 is 0. The summed E-state index contributed by atoms with van der Waals surface area (Å²) in [6, 6.07) is 14.0. The quantitative estimate of drug-likeness (QED) is 0.685. The van der Waals surface area contributed by atoms with Crippen molar-refractivity contribution in [2.45, 2.75) is 25.8 Å². The molecule has 2 aromatic rings. The van der Waals surface area contributed by atoms with Crippen LogP contribution in [0.25, 0.3) is 0 Å². The number of anilines is 1. The molecule has 0 heterocycles. The second kappa shape index (κ2) is 4.96. The van der Waals surface area contributed by atoms with Crippen LogP contribution in [-0.2, 0) is 12.8 Å². The van der Waals surface area contributed by atoms with Gasteiger partial charge in [-0.05, 0) is 37.0 Å². The molecule has 0 aromatic heterocycles. The molecule has 1 N–H and O–H groups in total. The van der Waals surface area contributed by atoms with Crippen LogP contribution in [-0.4, -0.2) is 11.0 Å². The van der Waals surface area contributed by atoms with Gasteiger partial charge in [0.05, 0.1) is 4.92 Å². The number of nitrogens with one attached hydrogen (secondary N) is 1. The Morgan fingerprint density at radius 3 is 2.35 bits per heavy atom. The third-order valence-electron chi connectivity index (χ3n) is 3.83. The lowest BCUT2D eigenvalue weighted by Crippen LogP contribution is -2.20. The Labute approximate surface area is 117 Å². The fourth-order valence-corrected chi connectivity index (χ4v) is 2.90. The topological polar surface area (TPSA) is 55.2 Å². The van der Waals surface area contributed by atoms with Gasteiger partial charge in [-0.15, -0.1) is 0 Å². The Kier molecular flexibility index (Phi) is 3.14. The number of fused-ring (bicyclic) bond motifs is 1. The SMILES string of the molecule is Cc1cccc(NC2Cc3ccccc3C2)c1[N+](=O)[O-]. The Bertz CT molecular complexity index is 642. The van der Waals surface area contributed by atoms with E-state index in [4.69, 9.17) is 0 Å². The fourth-order valence-electron chi connectivity index (χ4n) is 2.90. The number of aryl methyl sites for hydroxylation is 1. The summed E-state index contributed by atoms with van der Waals surface area (Å²) in [7, 11) is 0. The van der Waals surface area contributed by atoms with Gasteiger partial charge in [0, 0.05) is 11.6 Å². The molecule has 20 heavy (non-hydrogen) atoms. The highest BCUT2D eigenvalue weighted by Crippen LogP contribution is 2.31. The number of nitro benzene ring substituents is 1. The predicted molar refractivity (Wildman–Crippen MR) is 79.1 cm³/mol. The lowest BCUT2D eigenvalue weighted by atomic mass is 10.1. The number of hydrogen-bond donors (Lipinski definition) is 1. The monoisotopic (exact) mass is 268 g/mol. The molecular formula is C16H16N2O2. The Morgan fingerprint density at radius 1 is 1.10 bits per heavy atom. The molecule has 0 amide bonds. The zero-order chi connectivity index (χ0) is 14.1. The molecule has 0 aliphatic heterocycles. The van der Waals surface area contributed by atoms with Crippen molar-refractivity contribution in [1.82, 2.24) is 0 Å². The van der Waals surface area contributed by atoms with Crippen molar-refractivity contribution in [3.8, 4) is 0 Å². The molecule has 0 unspecified atom stereocenters. The molecule has 4 heteroatoms. The van der Waals surface area contributed by atoms with Crippen molar-refractivity contribution >= 4 is 11.4 Å². The fraction of sp³-hybridized carbons (Fsp3) is 0.250. The average Bonchev–Trinajstić information content (AvgIpc) is 2.80.